The minimum absolute atomic E-state index is 0.699. The molecule has 1 atom stereocenters. The molecule has 1 aromatic carbocycles. The van der Waals surface area contributed by atoms with Crippen molar-refractivity contribution in [3.8, 4) is 5.75 Å². The second-order valence-corrected chi connectivity index (χ2v) is 6.41. The zero-order chi connectivity index (χ0) is 13.9. The first kappa shape index (κ1) is 13.6. The highest BCUT2D eigenvalue weighted by Gasteiger charge is 2.19. The lowest BCUT2D eigenvalue weighted by atomic mass is 10.1. The van der Waals surface area contributed by atoms with E-state index in [-0.39, 0.29) is 0 Å². The molecule has 1 fully saturated rings. The standard InChI is InChI=1S/C15H21N3OS/c1-3-19-12-4-5-13-14(8-12)20-15(17-13)16-9-11-6-7-18(2)10-11/h4-5,8,11H,3,6-7,9-10H2,1-2H3,(H,16,17). The van der Waals surface area contributed by atoms with Gasteiger partial charge in [0.05, 0.1) is 16.8 Å². The maximum absolute atomic E-state index is 5.53. The lowest BCUT2D eigenvalue weighted by molar-refractivity contribution is 0.341. The predicted molar refractivity (Wildman–Crippen MR) is 84.9 cm³/mol. The number of likely N-dealkylation sites (tertiary alicyclic amines) is 1. The van der Waals surface area contributed by atoms with Gasteiger partial charge in [0.25, 0.3) is 0 Å². The average Bonchev–Trinajstić information content (AvgIpc) is 3.02. The SMILES string of the molecule is CCOc1ccc2nc(NCC3CCN(C)C3)sc2c1. The maximum Gasteiger partial charge on any atom is 0.183 e. The van der Waals surface area contributed by atoms with Crippen molar-refractivity contribution >= 4 is 26.7 Å². The smallest absolute Gasteiger partial charge is 0.183 e. The predicted octanol–water partition coefficient (Wildman–Crippen LogP) is 3.06. The number of rotatable bonds is 5. The van der Waals surface area contributed by atoms with Crippen LogP contribution in [0.4, 0.5) is 5.13 Å². The van der Waals surface area contributed by atoms with Gasteiger partial charge in [0.2, 0.25) is 0 Å². The Hall–Kier alpha value is -1.33. The molecular formula is C15H21N3OS. The van der Waals surface area contributed by atoms with Crippen molar-refractivity contribution in [2.24, 2.45) is 5.92 Å². The minimum atomic E-state index is 0.699. The average molecular weight is 291 g/mol. The summed E-state index contributed by atoms with van der Waals surface area (Å²) >= 11 is 1.71. The lowest BCUT2D eigenvalue weighted by Crippen LogP contribution is -2.18. The number of nitrogens with one attached hydrogen (secondary N) is 1. The van der Waals surface area contributed by atoms with Crippen LogP contribution in [0.2, 0.25) is 0 Å². The minimum Gasteiger partial charge on any atom is -0.494 e. The molecule has 0 amide bonds. The summed E-state index contributed by atoms with van der Waals surface area (Å²) in [5, 5.41) is 4.50. The quantitative estimate of drug-likeness (QED) is 0.918. The monoisotopic (exact) mass is 291 g/mol. The van der Waals surface area contributed by atoms with Gasteiger partial charge in [-0.15, -0.1) is 0 Å². The molecule has 1 aromatic heterocycles. The molecule has 0 aliphatic carbocycles. The van der Waals surface area contributed by atoms with E-state index in [2.05, 4.69) is 28.3 Å². The molecule has 0 bridgehead atoms. The topological polar surface area (TPSA) is 37.4 Å². The Morgan fingerprint density at radius 1 is 1.50 bits per heavy atom. The lowest BCUT2D eigenvalue weighted by Gasteiger charge is -2.10. The molecular weight excluding hydrogens is 270 g/mol. The van der Waals surface area contributed by atoms with Gasteiger partial charge in [0.15, 0.2) is 5.13 Å². The molecule has 1 unspecified atom stereocenters. The summed E-state index contributed by atoms with van der Waals surface area (Å²) in [7, 11) is 2.19. The van der Waals surface area contributed by atoms with E-state index in [0.29, 0.717) is 6.61 Å². The number of fused-ring (bicyclic) bond motifs is 1. The molecule has 0 saturated carbocycles. The van der Waals surface area contributed by atoms with Crippen LogP contribution in [0.15, 0.2) is 18.2 Å². The van der Waals surface area contributed by atoms with Crippen LogP contribution in [-0.2, 0) is 0 Å². The van der Waals surface area contributed by atoms with E-state index in [0.717, 1.165) is 28.9 Å². The Morgan fingerprint density at radius 2 is 2.40 bits per heavy atom. The summed E-state index contributed by atoms with van der Waals surface area (Å²) in [5.41, 5.74) is 1.05. The summed E-state index contributed by atoms with van der Waals surface area (Å²) in [6.45, 7) is 6.12. The summed E-state index contributed by atoms with van der Waals surface area (Å²) in [4.78, 5) is 7.02. The Morgan fingerprint density at radius 3 is 3.15 bits per heavy atom. The molecule has 0 radical (unpaired) electrons. The van der Waals surface area contributed by atoms with E-state index in [4.69, 9.17) is 4.74 Å². The summed E-state index contributed by atoms with van der Waals surface area (Å²) < 4.78 is 6.71. The van der Waals surface area contributed by atoms with Crippen LogP contribution in [-0.4, -0.2) is 43.2 Å². The molecule has 1 saturated heterocycles. The van der Waals surface area contributed by atoms with Gasteiger partial charge in [-0.25, -0.2) is 4.98 Å². The van der Waals surface area contributed by atoms with Crippen molar-refractivity contribution in [2.75, 3.05) is 38.6 Å². The number of thiazole rings is 1. The summed E-state index contributed by atoms with van der Waals surface area (Å²) in [5.74, 6) is 1.67. The van der Waals surface area contributed by atoms with Crippen LogP contribution in [0.3, 0.4) is 0 Å². The van der Waals surface area contributed by atoms with Gasteiger partial charge in [-0.05, 0) is 51.1 Å². The fraction of sp³-hybridized carbons (Fsp3) is 0.533. The first-order chi connectivity index (χ1) is 9.74. The van der Waals surface area contributed by atoms with Crippen molar-refractivity contribution < 1.29 is 4.74 Å². The van der Waals surface area contributed by atoms with Crippen LogP contribution >= 0.6 is 11.3 Å². The van der Waals surface area contributed by atoms with Gasteiger partial charge in [-0.2, -0.15) is 0 Å². The van der Waals surface area contributed by atoms with Gasteiger partial charge < -0.3 is 15.0 Å². The number of hydrogen-bond acceptors (Lipinski definition) is 5. The van der Waals surface area contributed by atoms with Crippen LogP contribution in [0.1, 0.15) is 13.3 Å². The number of nitrogens with zero attached hydrogens (tertiary/aromatic N) is 2. The van der Waals surface area contributed by atoms with Gasteiger partial charge >= 0.3 is 0 Å². The number of aromatic nitrogens is 1. The Labute approximate surface area is 123 Å². The molecule has 20 heavy (non-hydrogen) atoms. The van der Waals surface area contributed by atoms with E-state index < -0.39 is 0 Å². The van der Waals surface area contributed by atoms with E-state index in [1.54, 1.807) is 11.3 Å². The molecule has 1 aliphatic rings. The highest BCUT2D eigenvalue weighted by atomic mass is 32.1. The molecule has 3 rings (SSSR count). The second kappa shape index (κ2) is 5.97. The highest BCUT2D eigenvalue weighted by molar-refractivity contribution is 7.22. The van der Waals surface area contributed by atoms with Crippen LogP contribution < -0.4 is 10.1 Å². The normalized spacial score (nSPS) is 19.6. The molecule has 1 aliphatic heterocycles. The van der Waals surface area contributed by atoms with Crippen molar-refractivity contribution in [1.82, 2.24) is 9.88 Å². The molecule has 1 N–H and O–H groups in total. The maximum atomic E-state index is 5.53. The van der Waals surface area contributed by atoms with Crippen LogP contribution in [0.5, 0.6) is 5.75 Å². The fourth-order valence-corrected chi connectivity index (χ4v) is 3.56. The molecule has 108 valence electrons. The van der Waals surface area contributed by atoms with Gasteiger partial charge in [0.1, 0.15) is 5.75 Å². The Balaban J connectivity index is 1.66. The first-order valence-corrected chi connectivity index (χ1v) is 8.02. The van der Waals surface area contributed by atoms with E-state index >= 15 is 0 Å². The number of benzene rings is 1. The van der Waals surface area contributed by atoms with Gasteiger partial charge in [-0.1, -0.05) is 11.3 Å². The second-order valence-electron chi connectivity index (χ2n) is 5.38. The zero-order valence-corrected chi connectivity index (χ0v) is 12.9. The van der Waals surface area contributed by atoms with Crippen LogP contribution in [0.25, 0.3) is 10.2 Å². The van der Waals surface area contributed by atoms with Crippen molar-refractivity contribution in [3.05, 3.63) is 18.2 Å². The fourth-order valence-electron chi connectivity index (χ4n) is 2.66. The molecule has 4 nitrogen and oxygen atoms in total. The van der Waals surface area contributed by atoms with Crippen molar-refractivity contribution in [2.45, 2.75) is 13.3 Å². The Bertz CT molecular complexity index is 584. The number of hydrogen-bond donors (Lipinski definition) is 1. The van der Waals surface area contributed by atoms with E-state index in [1.165, 1.54) is 24.2 Å². The molecule has 0 spiro atoms. The zero-order valence-electron chi connectivity index (χ0n) is 12.1. The van der Waals surface area contributed by atoms with Crippen LogP contribution in [0, 0.1) is 5.92 Å². The molecule has 2 aromatic rings. The molecule has 5 heteroatoms. The third-order valence-electron chi connectivity index (χ3n) is 3.70. The largest absolute Gasteiger partial charge is 0.494 e. The summed E-state index contributed by atoms with van der Waals surface area (Å²) in [6.07, 6.45) is 1.28. The van der Waals surface area contributed by atoms with Crippen molar-refractivity contribution in [3.63, 3.8) is 0 Å². The third kappa shape index (κ3) is 3.04. The van der Waals surface area contributed by atoms with E-state index in [1.807, 2.05) is 19.1 Å². The third-order valence-corrected chi connectivity index (χ3v) is 4.68. The number of anilines is 1. The van der Waals surface area contributed by atoms with Gasteiger partial charge in [0, 0.05) is 13.1 Å². The van der Waals surface area contributed by atoms with Gasteiger partial charge in [-0.3, -0.25) is 0 Å². The van der Waals surface area contributed by atoms with Crippen molar-refractivity contribution in [1.29, 1.82) is 0 Å². The Kier molecular flexibility index (Phi) is 4.08. The first-order valence-electron chi connectivity index (χ1n) is 7.20. The number of ether oxygens (including phenoxy) is 1. The highest BCUT2D eigenvalue weighted by Crippen LogP contribution is 2.29. The van der Waals surface area contributed by atoms with E-state index in [9.17, 15) is 0 Å². The summed E-state index contributed by atoms with van der Waals surface area (Å²) in [6, 6.07) is 6.09. The molecule has 2 heterocycles.